The lowest BCUT2D eigenvalue weighted by Crippen LogP contribution is -1.94. The minimum absolute atomic E-state index is 0.402. The zero-order valence-corrected chi connectivity index (χ0v) is 36.8. The Hall–Kier alpha value is -6.52. The summed E-state index contributed by atoms with van der Waals surface area (Å²) in [6.45, 7) is 18.0. The third-order valence-corrected chi connectivity index (χ3v) is 9.67. The lowest BCUT2D eigenvalue weighted by atomic mass is 9.95. The Kier molecular flexibility index (Phi) is 19.8. The van der Waals surface area contributed by atoms with Crippen LogP contribution in [0.4, 0.5) is 11.4 Å². The third-order valence-electron chi connectivity index (χ3n) is 9.67. The Morgan fingerprint density at radius 1 is 0.417 bits per heavy atom. The average molecular weight is 791 g/mol. The van der Waals surface area contributed by atoms with E-state index >= 15 is 0 Å². The van der Waals surface area contributed by atoms with Crippen LogP contribution in [0.25, 0.3) is 11.1 Å². The molecule has 4 heteroatoms. The summed E-state index contributed by atoms with van der Waals surface area (Å²) in [7, 11) is 0. The number of para-hydroxylation sites is 2. The van der Waals surface area contributed by atoms with Crippen molar-refractivity contribution in [2.75, 3.05) is 0 Å². The summed E-state index contributed by atoms with van der Waals surface area (Å²) >= 11 is 0. The quantitative estimate of drug-likeness (QED) is 0.0671. The number of rotatable bonds is 19. The Labute approximate surface area is 360 Å². The molecule has 0 heterocycles. The molecule has 0 bridgehead atoms. The first-order chi connectivity index (χ1) is 29.3. The highest BCUT2D eigenvalue weighted by molar-refractivity contribution is 5.83. The highest BCUT2D eigenvalue weighted by Gasteiger charge is 2.09. The van der Waals surface area contributed by atoms with Crippen LogP contribution < -0.4 is 0 Å². The number of hydrogen-bond acceptors (Lipinski definition) is 4. The van der Waals surface area contributed by atoms with Gasteiger partial charge >= 0.3 is 0 Å². The van der Waals surface area contributed by atoms with E-state index in [1.807, 2.05) is 64.7 Å². The van der Waals surface area contributed by atoms with Crippen molar-refractivity contribution >= 4 is 36.2 Å². The largest absolute Gasteiger partial charge is 0.288 e. The van der Waals surface area contributed by atoms with Gasteiger partial charge in [-0.05, 0) is 132 Å². The third kappa shape index (κ3) is 14.4. The summed E-state index contributed by atoms with van der Waals surface area (Å²) < 4.78 is 0. The second-order valence-corrected chi connectivity index (χ2v) is 14.8. The predicted octanol–water partition coefficient (Wildman–Crippen LogP) is 15.6. The minimum atomic E-state index is 0.402. The van der Waals surface area contributed by atoms with E-state index in [0.717, 1.165) is 55.9 Å². The number of nitrogens with zero attached hydrogens (tertiary/aromatic N) is 4. The van der Waals surface area contributed by atoms with Crippen LogP contribution >= 0.6 is 0 Å². The van der Waals surface area contributed by atoms with Crippen molar-refractivity contribution < 1.29 is 0 Å². The van der Waals surface area contributed by atoms with E-state index in [2.05, 4.69) is 186 Å². The maximum atomic E-state index is 4.89. The molecule has 0 aliphatic rings. The van der Waals surface area contributed by atoms with Gasteiger partial charge in [-0.15, -0.1) is 0 Å². The Morgan fingerprint density at radius 3 is 1.08 bits per heavy atom. The fourth-order valence-electron chi connectivity index (χ4n) is 6.70. The average Bonchev–Trinajstić information content (AvgIpc) is 3.26. The number of hydrogen-bond donors (Lipinski definition) is 0. The monoisotopic (exact) mass is 790 g/mol. The number of aliphatic imine (C=N–C) groups is 4. The molecule has 0 aliphatic carbocycles. The van der Waals surface area contributed by atoms with E-state index in [1.165, 1.54) is 11.1 Å². The van der Waals surface area contributed by atoms with Crippen LogP contribution in [-0.2, 0) is 13.1 Å². The van der Waals surface area contributed by atoms with Crippen LogP contribution in [0.1, 0.15) is 89.5 Å². The van der Waals surface area contributed by atoms with Crippen molar-refractivity contribution in [3.8, 4) is 11.1 Å². The molecule has 0 amide bonds. The Bertz CT molecular complexity index is 2200. The normalized spacial score (nSPS) is 14.0. The molecule has 0 atom stereocenters. The van der Waals surface area contributed by atoms with Crippen molar-refractivity contribution in [3.63, 3.8) is 0 Å². The van der Waals surface area contributed by atoms with Gasteiger partial charge in [0.1, 0.15) is 0 Å². The van der Waals surface area contributed by atoms with Gasteiger partial charge < -0.3 is 0 Å². The molecule has 0 N–H and O–H groups in total. The standard InChI is InChI=1S/C56H62N4/c1-9-21-45(47(23-11-3)35-39-59-55-31-19-17-27-51(55)43(5)6)33-37-57-41-49-25-13-15-29-53(49)54-30-16-14-26-50(54)42-58-38-34-46(22-10-2)48(24-12-4)36-40-60-56-32-20-18-28-52(56)44(7)8/h9-40,43-44H,41-42H2,1-8H3/b21-9-,22-10-,23-11-,24-12-,45-33+,46-34+,47-35-,48-36+,57-37+,58-38+,59-39+,60-40+. The molecule has 4 aromatic rings. The van der Waals surface area contributed by atoms with Gasteiger partial charge in [0.15, 0.2) is 0 Å². The topological polar surface area (TPSA) is 49.4 Å². The molecular formula is C56H62N4. The number of allylic oxidation sites excluding steroid dienone is 16. The van der Waals surface area contributed by atoms with Gasteiger partial charge in [0.25, 0.3) is 0 Å². The molecule has 4 rings (SSSR count). The molecule has 4 nitrogen and oxygen atoms in total. The molecule has 0 aromatic heterocycles. The van der Waals surface area contributed by atoms with Crippen LogP contribution in [0.5, 0.6) is 0 Å². The smallest absolute Gasteiger partial charge is 0.0664 e. The zero-order valence-electron chi connectivity index (χ0n) is 36.8. The summed E-state index contributed by atoms with van der Waals surface area (Å²) in [4.78, 5) is 19.4. The summed E-state index contributed by atoms with van der Waals surface area (Å²) in [5.41, 5.74) is 13.3. The van der Waals surface area contributed by atoms with E-state index in [4.69, 9.17) is 20.0 Å². The van der Waals surface area contributed by atoms with Gasteiger partial charge in [-0.1, -0.05) is 161 Å². The van der Waals surface area contributed by atoms with Gasteiger partial charge in [0, 0.05) is 24.9 Å². The molecule has 0 saturated heterocycles. The number of benzene rings is 4. The van der Waals surface area contributed by atoms with E-state index in [1.54, 1.807) is 0 Å². The zero-order chi connectivity index (χ0) is 43.0. The molecule has 0 fully saturated rings. The first-order valence-corrected chi connectivity index (χ1v) is 21.1. The molecule has 0 unspecified atom stereocenters. The first-order valence-electron chi connectivity index (χ1n) is 21.1. The van der Waals surface area contributed by atoms with Gasteiger partial charge in [-0.2, -0.15) is 0 Å². The lowest BCUT2D eigenvalue weighted by molar-refractivity contribution is 0.867. The van der Waals surface area contributed by atoms with Gasteiger partial charge in [-0.25, -0.2) is 0 Å². The molecule has 306 valence electrons. The maximum Gasteiger partial charge on any atom is 0.0664 e. The highest BCUT2D eigenvalue weighted by Crippen LogP contribution is 2.30. The Morgan fingerprint density at radius 2 is 0.733 bits per heavy atom. The minimum Gasteiger partial charge on any atom is -0.288 e. The molecular weight excluding hydrogens is 729 g/mol. The van der Waals surface area contributed by atoms with E-state index < -0.39 is 0 Å². The van der Waals surface area contributed by atoms with E-state index in [-0.39, 0.29) is 0 Å². The molecule has 0 spiro atoms. The second-order valence-electron chi connectivity index (χ2n) is 14.8. The van der Waals surface area contributed by atoms with Crippen molar-refractivity contribution in [1.82, 2.24) is 0 Å². The maximum absolute atomic E-state index is 4.89. The summed E-state index contributed by atoms with van der Waals surface area (Å²) in [6.07, 6.45) is 32.5. The summed E-state index contributed by atoms with van der Waals surface area (Å²) in [6, 6.07) is 33.7. The van der Waals surface area contributed by atoms with Gasteiger partial charge in [0.05, 0.1) is 24.5 Å². The van der Waals surface area contributed by atoms with E-state index in [0.29, 0.717) is 24.9 Å². The summed E-state index contributed by atoms with van der Waals surface area (Å²) in [5, 5.41) is 0. The van der Waals surface area contributed by atoms with Gasteiger partial charge in [0.2, 0.25) is 0 Å². The molecule has 0 saturated carbocycles. The van der Waals surface area contributed by atoms with Crippen LogP contribution in [-0.4, -0.2) is 24.9 Å². The molecule has 0 aliphatic heterocycles. The first kappa shape index (κ1) is 46.2. The van der Waals surface area contributed by atoms with Crippen molar-refractivity contribution in [1.29, 1.82) is 0 Å². The molecule has 0 radical (unpaired) electrons. The fourth-order valence-corrected chi connectivity index (χ4v) is 6.70. The van der Waals surface area contributed by atoms with Crippen LogP contribution in [0, 0.1) is 0 Å². The van der Waals surface area contributed by atoms with Crippen LogP contribution in [0.15, 0.2) is 212 Å². The fraction of sp³-hybridized carbons (Fsp3) is 0.214. The molecule has 60 heavy (non-hydrogen) atoms. The molecule has 4 aromatic carbocycles. The van der Waals surface area contributed by atoms with Crippen molar-refractivity contribution in [2.24, 2.45) is 20.0 Å². The predicted molar refractivity (Wildman–Crippen MR) is 265 cm³/mol. The SMILES string of the molecule is C\C=C/C(=C/C=N/c1ccccc1C(C)C)C(/C=C\C)=C/C=N/Cc1ccccc1-c1ccccc1C/N=C/C=C(\C=C/C)C(/C=C\C)=C/C=N/c1ccccc1C(C)C. The highest BCUT2D eigenvalue weighted by atomic mass is 14.7. The van der Waals surface area contributed by atoms with E-state index in [9.17, 15) is 0 Å². The van der Waals surface area contributed by atoms with Crippen LogP contribution in [0.2, 0.25) is 0 Å². The lowest BCUT2D eigenvalue weighted by Gasteiger charge is -2.12. The van der Waals surface area contributed by atoms with Crippen molar-refractivity contribution in [3.05, 3.63) is 215 Å². The van der Waals surface area contributed by atoms with Crippen LogP contribution in [0.3, 0.4) is 0 Å². The second kappa shape index (κ2) is 25.8. The summed E-state index contributed by atoms with van der Waals surface area (Å²) in [5.74, 6) is 0.804. The van der Waals surface area contributed by atoms with Crippen molar-refractivity contribution in [2.45, 2.75) is 80.3 Å². The Balaban J connectivity index is 1.54. The van der Waals surface area contributed by atoms with Gasteiger partial charge in [-0.3, -0.25) is 20.0 Å².